The third kappa shape index (κ3) is 6.17. The second-order valence-corrected chi connectivity index (χ2v) is 18.9. The van der Waals surface area contributed by atoms with Gasteiger partial charge < -0.3 is 9.80 Å². The van der Waals surface area contributed by atoms with E-state index in [9.17, 15) is 10.5 Å². The van der Waals surface area contributed by atoms with Crippen LogP contribution in [0, 0.1) is 33.5 Å². The van der Waals surface area contributed by atoms with Crippen molar-refractivity contribution in [3.63, 3.8) is 0 Å². The topological polar surface area (TPSA) is 54.1 Å². The third-order valence-electron chi connectivity index (χ3n) is 13.3. The first-order valence-corrected chi connectivity index (χ1v) is 21.7. The summed E-state index contributed by atoms with van der Waals surface area (Å²) in [5, 5.41) is 27.1. The van der Waals surface area contributed by atoms with Crippen LogP contribution in [0.1, 0.15) is 63.8 Å². The standard InChI is InChI=1S/C59H48N4/c1-57(2,3)59(58(4,5)6)54-35-42-33-47(62(43-19-9-7-10-20-43)45-23-15-17-39(31-45)37-60)28-27-41(42)34-53(54)55-50-26-14-13-25-49(50)52-36-48(29-30-51(52)56(55)59)63(44-21-11-8-12-22-44)46-24-16-18-40(32-46)38-61/h7-36H,1-6H3. The molecule has 1 aliphatic carbocycles. The first-order chi connectivity index (χ1) is 30.4. The fraction of sp³-hybridized carbons (Fsp3) is 0.153. The highest BCUT2D eigenvalue weighted by atomic mass is 15.1. The molecule has 0 atom stereocenters. The van der Waals surface area contributed by atoms with Crippen molar-refractivity contribution >= 4 is 66.4 Å². The first kappa shape index (κ1) is 39.5. The Morgan fingerprint density at radius 1 is 0.397 bits per heavy atom. The molecule has 1 aliphatic rings. The van der Waals surface area contributed by atoms with E-state index in [2.05, 4.69) is 197 Å². The lowest BCUT2D eigenvalue weighted by atomic mass is 9.49. The van der Waals surface area contributed by atoms with Gasteiger partial charge in [0.2, 0.25) is 0 Å². The third-order valence-corrected chi connectivity index (χ3v) is 13.3. The zero-order valence-corrected chi connectivity index (χ0v) is 36.6. The highest BCUT2D eigenvalue weighted by Gasteiger charge is 2.58. The molecule has 4 nitrogen and oxygen atoms in total. The molecule has 0 unspecified atom stereocenters. The van der Waals surface area contributed by atoms with Crippen LogP contribution in [0.2, 0.25) is 0 Å². The molecule has 63 heavy (non-hydrogen) atoms. The number of para-hydroxylation sites is 2. The Kier molecular flexibility index (Phi) is 9.25. The van der Waals surface area contributed by atoms with Crippen molar-refractivity contribution < 1.29 is 0 Å². The van der Waals surface area contributed by atoms with Crippen LogP contribution in [-0.4, -0.2) is 0 Å². The van der Waals surface area contributed by atoms with Gasteiger partial charge in [-0.2, -0.15) is 10.5 Å². The highest BCUT2D eigenvalue weighted by Crippen LogP contribution is 2.67. The molecule has 0 heterocycles. The number of hydrogen-bond acceptors (Lipinski definition) is 4. The van der Waals surface area contributed by atoms with Crippen molar-refractivity contribution in [3.05, 3.63) is 204 Å². The molecule has 304 valence electrons. The van der Waals surface area contributed by atoms with E-state index in [-0.39, 0.29) is 10.8 Å². The molecule has 0 bridgehead atoms. The number of hydrogen-bond donors (Lipinski definition) is 0. The molecule has 9 aromatic rings. The van der Waals surface area contributed by atoms with Gasteiger partial charge in [-0.3, -0.25) is 0 Å². The summed E-state index contributed by atoms with van der Waals surface area (Å²) >= 11 is 0. The van der Waals surface area contributed by atoms with Crippen LogP contribution in [0.3, 0.4) is 0 Å². The van der Waals surface area contributed by atoms with Crippen LogP contribution in [-0.2, 0) is 5.41 Å². The molecule has 0 amide bonds. The molecule has 0 saturated heterocycles. The number of fused-ring (bicyclic) bond motifs is 9. The summed E-state index contributed by atoms with van der Waals surface area (Å²) in [6, 6.07) is 68.9. The van der Waals surface area contributed by atoms with Crippen molar-refractivity contribution in [3.8, 4) is 23.3 Å². The second-order valence-electron chi connectivity index (χ2n) is 18.9. The summed E-state index contributed by atoms with van der Waals surface area (Å²) in [6.07, 6.45) is 0. The Hall–Kier alpha value is -7.66. The second kappa shape index (κ2) is 14.8. The van der Waals surface area contributed by atoms with Crippen molar-refractivity contribution in [1.29, 1.82) is 10.5 Å². The van der Waals surface area contributed by atoms with Crippen molar-refractivity contribution in [2.24, 2.45) is 10.8 Å². The van der Waals surface area contributed by atoms with E-state index < -0.39 is 5.41 Å². The van der Waals surface area contributed by atoms with Gasteiger partial charge in [-0.05, 0) is 162 Å². The van der Waals surface area contributed by atoms with Gasteiger partial charge in [0.15, 0.2) is 0 Å². The average molecular weight is 813 g/mol. The molecule has 0 fully saturated rings. The molecule has 0 spiro atoms. The van der Waals surface area contributed by atoms with E-state index in [0.717, 1.165) is 34.1 Å². The Morgan fingerprint density at radius 3 is 1.44 bits per heavy atom. The molecular weight excluding hydrogens is 765 g/mol. The van der Waals surface area contributed by atoms with Gasteiger partial charge in [0, 0.05) is 39.5 Å². The number of nitriles is 2. The molecule has 9 aromatic carbocycles. The molecule has 0 aromatic heterocycles. The minimum atomic E-state index is -0.418. The van der Waals surface area contributed by atoms with Crippen molar-refractivity contribution in [2.75, 3.05) is 9.80 Å². The summed E-state index contributed by atoms with van der Waals surface area (Å²) < 4.78 is 0. The van der Waals surface area contributed by atoms with E-state index in [4.69, 9.17) is 0 Å². The maximum atomic E-state index is 9.92. The van der Waals surface area contributed by atoms with Crippen LogP contribution in [0.4, 0.5) is 34.1 Å². The molecular formula is C59H48N4. The van der Waals surface area contributed by atoms with E-state index in [1.807, 2.05) is 48.5 Å². The normalized spacial score (nSPS) is 13.0. The Balaban J connectivity index is 1.26. The predicted molar refractivity (Wildman–Crippen MR) is 263 cm³/mol. The van der Waals surface area contributed by atoms with E-state index in [0.29, 0.717) is 11.1 Å². The Labute approximate surface area is 370 Å². The lowest BCUT2D eigenvalue weighted by Crippen LogP contribution is -2.50. The SMILES string of the molecule is CC(C)(C)C1(C(C)(C)C)c2cc3cc(N(c4ccccc4)c4cccc(C#N)c4)ccc3cc2-c2c1c1ccc(N(c3ccccc3)c3cccc(C#N)c3)cc1c1ccccc21. The molecule has 0 radical (unpaired) electrons. The first-order valence-electron chi connectivity index (χ1n) is 21.7. The van der Waals surface area contributed by atoms with E-state index in [1.54, 1.807) is 0 Å². The zero-order valence-electron chi connectivity index (χ0n) is 36.6. The minimum absolute atomic E-state index is 0.216. The fourth-order valence-electron chi connectivity index (χ4n) is 11.2. The number of anilines is 6. The van der Waals surface area contributed by atoms with Crippen LogP contribution >= 0.6 is 0 Å². The van der Waals surface area contributed by atoms with Gasteiger partial charge in [-0.1, -0.05) is 126 Å². The van der Waals surface area contributed by atoms with Crippen molar-refractivity contribution in [1.82, 2.24) is 0 Å². The van der Waals surface area contributed by atoms with Gasteiger partial charge in [0.1, 0.15) is 0 Å². The summed E-state index contributed by atoms with van der Waals surface area (Å²) in [5.41, 5.74) is 11.7. The molecule has 0 saturated carbocycles. The predicted octanol–water partition coefficient (Wildman–Crippen LogP) is 16.2. The van der Waals surface area contributed by atoms with E-state index >= 15 is 0 Å². The fourth-order valence-corrected chi connectivity index (χ4v) is 11.2. The number of benzene rings is 9. The lowest BCUT2D eigenvalue weighted by Gasteiger charge is -2.53. The smallest absolute Gasteiger partial charge is 0.0992 e. The molecule has 0 N–H and O–H groups in total. The average Bonchev–Trinajstić information content (AvgIpc) is 3.61. The largest absolute Gasteiger partial charge is 0.310 e. The van der Waals surface area contributed by atoms with Gasteiger partial charge in [-0.25, -0.2) is 0 Å². The van der Waals surface area contributed by atoms with Crippen LogP contribution in [0.25, 0.3) is 43.4 Å². The number of rotatable bonds is 6. The Morgan fingerprint density at radius 2 is 0.889 bits per heavy atom. The zero-order chi connectivity index (χ0) is 43.7. The van der Waals surface area contributed by atoms with Crippen molar-refractivity contribution in [2.45, 2.75) is 47.0 Å². The molecule has 10 rings (SSSR count). The molecule has 4 heteroatoms. The summed E-state index contributed by atoms with van der Waals surface area (Å²) in [7, 11) is 0. The van der Waals surface area contributed by atoms with Gasteiger partial charge in [0.05, 0.1) is 23.3 Å². The van der Waals surface area contributed by atoms with Gasteiger partial charge in [-0.15, -0.1) is 0 Å². The summed E-state index contributed by atoms with van der Waals surface area (Å²) in [5.74, 6) is 0. The monoisotopic (exact) mass is 812 g/mol. The minimum Gasteiger partial charge on any atom is -0.310 e. The maximum absolute atomic E-state index is 9.92. The van der Waals surface area contributed by atoms with Crippen LogP contribution in [0.5, 0.6) is 0 Å². The summed E-state index contributed by atoms with van der Waals surface area (Å²) in [4.78, 5) is 4.51. The quantitative estimate of drug-likeness (QED) is 0.157. The van der Waals surface area contributed by atoms with Gasteiger partial charge in [0.25, 0.3) is 0 Å². The van der Waals surface area contributed by atoms with Crippen LogP contribution < -0.4 is 9.80 Å². The Bertz CT molecular complexity index is 3320. The maximum Gasteiger partial charge on any atom is 0.0992 e. The van der Waals surface area contributed by atoms with Crippen LogP contribution in [0.15, 0.2) is 182 Å². The van der Waals surface area contributed by atoms with Gasteiger partial charge >= 0.3 is 0 Å². The highest BCUT2D eigenvalue weighted by molar-refractivity contribution is 6.20. The van der Waals surface area contributed by atoms with E-state index in [1.165, 1.54) is 54.6 Å². The number of nitrogens with zero attached hydrogens (tertiary/aromatic N) is 4. The summed E-state index contributed by atoms with van der Waals surface area (Å²) in [6.45, 7) is 14.5. The lowest BCUT2D eigenvalue weighted by molar-refractivity contribution is 0.0965. The molecule has 0 aliphatic heterocycles.